The molecule has 0 radical (unpaired) electrons. The number of hydrogen-bond donors (Lipinski definition) is 2. The Hall–Kier alpha value is -3.54. The lowest BCUT2D eigenvalue weighted by molar-refractivity contribution is -0.142. The van der Waals surface area contributed by atoms with Crippen molar-refractivity contribution in [1.29, 1.82) is 0 Å². The molecule has 1 aromatic carbocycles. The van der Waals surface area contributed by atoms with Crippen molar-refractivity contribution in [2.24, 2.45) is 0 Å². The fourth-order valence-electron chi connectivity index (χ4n) is 4.94. The second kappa shape index (κ2) is 9.16. The van der Waals surface area contributed by atoms with E-state index in [9.17, 15) is 22.7 Å². The van der Waals surface area contributed by atoms with Gasteiger partial charge in [0.1, 0.15) is 17.7 Å². The molecule has 3 aromatic rings. The number of pyridine rings is 1. The summed E-state index contributed by atoms with van der Waals surface area (Å²) in [4.78, 5) is 9.55. The van der Waals surface area contributed by atoms with E-state index in [0.29, 0.717) is 29.4 Å². The number of fused-ring (bicyclic) bond motifs is 2. The van der Waals surface area contributed by atoms with Crippen LogP contribution in [0.3, 0.4) is 0 Å². The average molecular weight is 504 g/mol. The Bertz CT molecular complexity index is 1260. The Morgan fingerprint density at radius 1 is 1.08 bits per heavy atom. The molecular formula is C24H24F4N6O2. The van der Waals surface area contributed by atoms with Crippen LogP contribution in [-0.2, 0) is 6.18 Å². The standard InChI is InChI=1S/C24H24F4N6O2/c1-34(17-9-14-4-6-16(31-14)21(17)25)20-11-30-23(33-32-20)15-5-3-12(7-18(15)35)13-8-19(36-2)22(29-10-13)24(26,27)28/h3,5,7-8,10-11,14,16-17,21,31,35H,4,6,9H2,1-2H3/t14-,16+,17-,21+/m0/s1. The Labute approximate surface area is 204 Å². The van der Waals surface area contributed by atoms with Gasteiger partial charge in [0, 0.05) is 30.9 Å². The zero-order valence-electron chi connectivity index (χ0n) is 19.5. The summed E-state index contributed by atoms with van der Waals surface area (Å²) in [6, 6.07) is 5.54. The van der Waals surface area contributed by atoms with Gasteiger partial charge in [-0.3, -0.25) is 0 Å². The van der Waals surface area contributed by atoms with E-state index in [4.69, 9.17) is 4.74 Å². The van der Waals surface area contributed by atoms with Crippen LogP contribution in [0.5, 0.6) is 11.5 Å². The van der Waals surface area contributed by atoms with Crippen LogP contribution in [0.25, 0.3) is 22.5 Å². The number of benzene rings is 1. The van der Waals surface area contributed by atoms with Crippen LogP contribution in [-0.4, -0.2) is 63.7 Å². The maximum Gasteiger partial charge on any atom is 0.437 e. The number of aromatic nitrogens is 4. The highest BCUT2D eigenvalue weighted by Gasteiger charge is 2.44. The number of hydrogen-bond acceptors (Lipinski definition) is 8. The first-order chi connectivity index (χ1) is 17.2. The third kappa shape index (κ3) is 4.41. The molecular weight excluding hydrogens is 480 g/mol. The van der Waals surface area contributed by atoms with Gasteiger partial charge < -0.3 is 20.1 Å². The fourth-order valence-corrected chi connectivity index (χ4v) is 4.94. The minimum absolute atomic E-state index is 0.147. The Balaban J connectivity index is 1.36. The third-order valence-corrected chi connectivity index (χ3v) is 6.88. The molecule has 0 aliphatic carbocycles. The minimum atomic E-state index is -4.65. The number of rotatable bonds is 5. The molecule has 0 spiro atoms. The maximum absolute atomic E-state index is 14.9. The van der Waals surface area contributed by atoms with Crippen molar-refractivity contribution in [2.75, 3.05) is 19.1 Å². The van der Waals surface area contributed by atoms with Crippen LogP contribution in [0.15, 0.2) is 36.7 Å². The number of aromatic hydroxyl groups is 1. The molecule has 0 saturated carbocycles. The maximum atomic E-state index is 14.9. The van der Waals surface area contributed by atoms with Gasteiger partial charge in [-0.05, 0) is 43.0 Å². The van der Waals surface area contributed by atoms with E-state index in [1.165, 1.54) is 24.4 Å². The van der Waals surface area contributed by atoms with Gasteiger partial charge in [0.05, 0.1) is 24.9 Å². The molecule has 8 nitrogen and oxygen atoms in total. The molecule has 2 aliphatic heterocycles. The summed E-state index contributed by atoms with van der Waals surface area (Å²) in [7, 11) is 2.90. The van der Waals surface area contributed by atoms with Crippen LogP contribution >= 0.6 is 0 Å². The highest BCUT2D eigenvalue weighted by atomic mass is 19.4. The van der Waals surface area contributed by atoms with Crippen molar-refractivity contribution >= 4 is 5.82 Å². The highest BCUT2D eigenvalue weighted by molar-refractivity contribution is 5.73. The molecule has 2 saturated heterocycles. The summed E-state index contributed by atoms with van der Waals surface area (Å²) >= 11 is 0. The summed E-state index contributed by atoms with van der Waals surface area (Å²) in [5.41, 5.74) is -0.0880. The average Bonchev–Trinajstić information content (AvgIpc) is 3.28. The number of alkyl halides is 4. The molecule has 0 amide bonds. The van der Waals surface area contributed by atoms with Crippen molar-refractivity contribution in [2.45, 2.75) is 49.7 Å². The van der Waals surface area contributed by atoms with Crippen molar-refractivity contribution in [3.8, 4) is 34.0 Å². The lowest BCUT2D eigenvalue weighted by Crippen LogP contribution is -2.55. The highest BCUT2D eigenvalue weighted by Crippen LogP contribution is 2.38. The number of anilines is 1. The molecule has 5 rings (SSSR count). The second-order valence-corrected chi connectivity index (χ2v) is 9.05. The van der Waals surface area contributed by atoms with E-state index in [-0.39, 0.29) is 29.2 Å². The minimum Gasteiger partial charge on any atom is -0.507 e. The van der Waals surface area contributed by atoms with Gasteiger partial charge in [0.25, 0.3) is 0 Å². The molecule has 0 unspecified atom stereocenters. The number of halogens is 4. The van der Waals surface area contributed by atoms with E-state index < -0.39 is 23.8 Å². The SMILES string of the molecule is COc1cc(-c2ccc(-c3ncc(N(C)[C@H]4C[C@@H]5CC[C@@H](N5)[C@H]4F)nn3)c(O)c2)cnc1C(F)(F)F. The normalized spacial score (nSPS) is 23.5. The van der Waals surface area contributed by atoms with Crippen molar-refractivity contribution in [3.63, 3.8) is 0 Å². The number of phenolic OH excluding ortho intramolecular Hbond substituents is 1. The first-order valence-corrected chi connectivity index (χ1v) is 11.4. The van der Waals surface area contributed by atoms with E-state index in [1.54, 1.807) is 18.0 Å². The van der Waals surface area contributed by atoms with E-state index in [0.717, 1.165) is 26.1 Å². The van der Waals surface area contributed by atoms with Gasteiger partial charge in [0.2, 0.25) is 0 Å². The van der Waals surface area contributed by atoms with Crippen LogP contribution in [0, 0.1) is 0 Å². The van der Waals surface area contributed by atoms with Crippen molar-refractivity contribution in [3.05, 3.63) is 42.4 Å². The van der Waals surface area contributed by atoms with Crippen LogP contribution < -0.4 is 15.0 Å². The summed E-state index contributed by atoms with van der Waals surface area (Å²) in [6.45, 7) is 0. The predicted molar refractivity (Wildman–Crippen MR) is 123 cm³/mol. The lowest BCUT2D eigenvalue weighted by atomic mass is 9.96. The zero-order valence-corrected chi connectivity index (χ0v) is 19.5. The van der Waals surface area contributed by atoms with E-state index in [2.05, 4.69) is 25.5 Å². The summed E-state index contributed by atoms with van der Waals surface area (Å²) in [5.74, 6) is -0.0330. The first-order valence-electron chi connectivity index (χ1n) is 11.4. The predicted octanol–water partition coefficient (Wildman–Crippen LogP) is 4.00. The lowest BCUT2D eigenvalue weighted by Gasteiger charge is -2.38. The summed E-state index contributed by atoms with van der Waals surface area (Å²) < 4.78 is 59.0. The van der Waals surface area contributed by atoms with Gasteiger partial charge in [-0.2, -0.15) is 13.2 Å². The molecule has 2 N–H and O–H groups in total. The molecule has 2 bridgehead atoms. The molecule has 36 heavy (non-hydrogen) atoms. The molecule has 4 atom stereocenters. The summed E-state index contributed by atoms with van der Waals surface area (Å²) in [6.07, 6.45) is -0.676. The smallest absolute Gasteiger partial charge is 0.437 e. The Morgan fingerprint density at radius 3 is 2.56 bits per heavy atom. The van der Waals surface area contributed by atoms with Gasteiger partial charge in [-0.15, -0.1) is 10.2 Å². The first kappa shape index (κ1) is 24.2. The van der Waals surface area contributed by atoms with Gasteiger partial charge >= 0.3 is 6.18 Å². The Kier molecular flexibility index (Phi) is 6.15. The number of ether oxygens (including phenoxy) is 1. The number of nitrogens with one attached hydrogen (secondary N) is 1. The monoisotopic (exact) mass is 504 g/mol. The van der Waals surface area contributed by atoms with Gasteiger partial charge in [-0.25, -0.2) is 14.4 Å². The molecule has 2 fully saturated rings. The zero-order chi connectivity index (χ0) is 25.6. The molecule has 2 aromatic heterocycles. The van der Waals surface area contributed by atoms with Gasteiger partial charge in [0.15, 0.2) is 17.3 Å². The number of piperidine rings is 1. The topological polar surface area (TPSA) is 96.3 Å². The van der Waals surface area contributed by atoms with Crippen molar-refractivity contribution < 1.29 is 27.4 Å². The Morgan fingerprint density at radius 2 is 1.89 bits per heavy atom. The van der Waals surface area contributed by atoms with Crippen molar-refractivity contribution in [1.82, 2.24) is 25.5 Å². The largest absolute Gasteiger partial charge is 0.507 e. The fraction of sp³-hybridized carbons (Fsp3) is 0.417. The second-order valence-electron chi connectivity index (χ2n) is 9.05. The molecule has 4 heterocycles. The molecule has 2 aliphatic rings. The van der Waals surface area contributed by atoms with E-state index >= 15 is 0 Å². The van der Waals surface area contributed by atoms with Crippen LogP contribution in [0.1, 0.15) is 25.0 Å². The number of nitrogens with zero attached hydrogens (tertiary/aromatic N) is 5. The summed E-state index contributed by atoms with van der Waals surface area (Å²) in [5, 5.41) is 22.2. The molecule has 190 valence electrons. The number of methoxy groups -OCH3 is 1. The quantitative estimate of drug-likeness (QED) is 0.504. The molecule has 12 heteroatoms. The van der Waals surface area contributed by atoms with Crippen LogP contribution in [0.2, 0.25) is 0 Å². The van der Waals surface area contributed by atoms with E-state index in [1.807, 2.05) is 0 Å². The van der Waals surface area contributed by atoms with Gasteiger partial charge in [-0.1, -0.05) is 6.07 Å². The van der Waals surface area contributed by atoms with Crippen LogP contribution in [0.4, 0.5) is 23.4 Å². The third-order valence-electron chi connectivity index (χ3n) is 6.88. The number of phenols is 1.